The van der Waals surface area contributed by atoms with Gasteiger partial charge in [-0.15, -0.1) is 0 Å². The molecular weight excluding hydrogens is 270 g/mol. The number of carbonyl (C=O) groups is 1. The summed E-state index contributed by atoms with van der Waals surface area (Å²) in [6.45, 7) is 2.44. The van der Waals surface area contributed by atoms with Crippen LogP contribution in [-0.4, -0.2) is 51.1 Å². The van der Waals surface area contributed by atoms with Crippen molar-refractivity contribution < 1.29 is 19.4 Å². The van der Waals surface area contributed by atoms with Gasteiger partial charge in [0, 0.05) is 31.9 Å². The summed E-state index contributed by atoms with van der Waals surface area (Å²) in [6.07, 6.45) is -0.184. The first-order chi connectivity index (χ1) is 10.1. The summed E-state index contributed by atoms with van der Waals surface area (Å²) in [6, 6.07) is 5.36. The molecule has 0 heterocycles. The Morgan fingerprint density at radius 2 is 2.19 bits per heavy atom. The number of carbonyl (C=O) groups excluding carboxylic acids is 1. The van der Waals surface area contributed by atoms with Crippen LogP contribution in [0.4, 0.5) is 0 Å². The molecule has 0 spiro atoms. The lowest BCUT2D eigenvalue weighted by Crippen LogP contribution is -2.35. The van der Waals surface area contributed by atoms with Gasteiger partial charge in [-0.05, 0) is 24.6 Å². The van der Waals surface area contributed by atoms with Crippen LogP contribution >= 0.6 is 0 Å². The molecule has 114 valence electrons. The Balaban J connectivity index is 2.77. The monoisotopic (exact) mass is 291 g/mol. The molecule has 1 atom stereocenters. The molecule has 0 saturated heterocycles. The highest BCUT2D eigenvalue weighted by Gasteiger charge is 2.12. The molecule has 1 amide bonds. The molecule has 0 fully saturated rings. The second kappa shape index (κ2) is 9.14. The van der Waals surface area contributed by atoms with Gasteiger partial charge >= 0.3 is 0 Å². The Labute approximate surface area is 125 Å². The minimum Gasteiger partial charge on any atom is -0.384 e. The average Bonchev–Trinajstić information content (AvgIpc) is 2.50. The highest BCUT2D eigenvalue weighted by molar-refractivity contribution is 5.96. The summed E-state index contributed by atoms with van der Waals surface area (Å²) in [4.78, 5) is 12.2. The predicted molar refractivity (Wildman–Crippen MR) is 80.1 cm³/mol. The quantitative estimate of drug-likeness (QED) is 0.758. The van der Waals surface area contributed by atoms with E-state index in [-0.39, 0.29) is 18.6 Å². The van der Waals surface area contributed by atoms with Crippen molar-refractivity contribution in [2.75, 3.05) is 34.0 Å². The fourth-order valence-electron chi connectivity index (χ4n) is 1.78. The second-order valence-corrected chi connectivity index (χ2v) is 4.51. The number of hydrogen-bond donors (Lipinski definition) is 2. The molecule has 0 saturated carbocycles. The average molecular weight is 291 g/mol. The molecule has 0 bridgehead atoms. The van der Waals surface area contributed by atoms with Crippen LogP contribution in [0.15, 0.2) is 18.2 Å². The third kappa shape index (κ3) is 5.56. The Hall–Kier alpha value is -1.87. The van der Waals surface area contributed by atoms with Gasteiger partial charge in [0.25, 0.3) is 5.91 Å². The van der Waals surface area contributed by atoms with Crippen molar-refractivity contribution in [2.45, 2.75) is 13.0 Å². The first-order valence-electron chi connectivity index (χ1n) is 6.62. The van der Waals surface area contributed by atoms with Gasteiger partial charge in [-0.2, -0.15) is 0 Å². The van der Waals surface area contributed by atoms with E-state index < -0.39 is 0 Å². The van der Waals surface area contributed by atoms with Gasteiger partial charge in [-0.25, -0.2) is 0 Å². The van der Waals surface area contributed by atoms with Gasteiger partial charge in [0.2, 0.25) is 0 Å². The SMILES string of the molecule is COCC(CNC(=O)c1cc(C#CCO)ccc1C)OC. The van der Waals surface area contributed by atoms with Gasteiger partial charge in [0.15, 0.2) is 0 Å². The third-order valence-corrected chi connectivity index (χ3v) is 2.97. The molecule has 0 aromatic heterocycles. The van der Waals surface area contributed by atoms with Crippen molar-refractivity contribution in [1.82, 2.24) is 5.32 Å². The highest BCUT2D eigenvalue weighted by atomic mass is 16.5. The fraction of sp³-hybridized carbons (Fsp3) is 0.438. The normalized spacial score (nSPS) is 11.4. The molecular formula is C16H21NO4. The maximum atomic E-state index is 12.2. The van der Waals surface area contributed by atoms with Crippen molar-refractivity contribution in [1.29, 1.82) is 0 Å². The molecule has 0 aliphatic carbocycles. The molecule has 1 aromatic rings. The van der Waals surface area contributed by atoms with E-state index in [1.807, 2.05) is 19.1 Å². The Morgan fingerprint density at radius 1 is 1.43 bits per heavy atom. The van der Waals surface area contributed by atoms with Crippen LogP contribution in [0.1, 0.15) is 21.5 Å². The molecule has 0 aliphatic rings. The fourth-order valence-corrected chi connectivity index (χ4v) is 1.78. The van der Waals surface area contributed by atoms with E-state index in [1.54, 1.807) is 20.3 Å². The van der Waals surface area contributed by atoms with Gasteiger partial charge < -0.3 is 19.9 Å². The zero-order valence-corrected chi connectivity index (χ0v) is 12.6. The molecule has 0 radical (unpaired) electrons. The number of hydrogen-bond acceptors (Lipinski definition) is 4. The van der Waals surface area contributed by atoms with Crippen molar-refractivity contribution in [2.24, 2.45) is 0 Å². The largest absolute Gasteiger partial charge is 0.384 e. The number of methoxy groups -OCH3 is 2. The molecule has 1 aromatic carbocycles. The molecule has 0 aliphatic heterocycles. The standard InChI is InChI=1S/C16H21NO4/c1-12-6-7-13(5-4-8-18)9-15(12)16(19)17-10-14(21-3)11-20-2/h6-7,9,14,18H,8,10-11H2,1-3H3,(H,17,19). The van der Waals surface area contributed by atoms with Gasteiger partial charge in [0.05, 0.1) is 12.7 Å². The molecule has 5 heteroatoms. The van der Waals surface area contributed by atoms with Gasteiger partial charge in [0.1, 0.15) is 6.61 Å². The van der Waals surface area contributed by atoms with Crippen LogP contribution < -0.4 is 5.32 Å². The van der Waals surface area contributed by atoms with Crippen LogP contribution in [0.25, 0.3) is 0 Å². The highest BCUT2D eigenvalue weighted by Crippen LogP contribution is 2.10. The first-order valence-corrected chi connectivity index (χ1v) is 6.62. The van der Waals surface area contributed by atoms with Crippen molar-refractivity contribution in [3.8, 4) is 11.8 Å². The smallest absolute Gasteiger partial charge is 0.251 e. The van der Waals surface area contributed by atoms with E-state index in [0.717, 1.165) is 5.56 Å². The van der Waals surface area contributed by atoms with E-state index in [2.05, 4.69) is 17.2 Å². The van der Waals surface area contributed by atoms with Crippen molar-refractivity contribution in [3.05, 3.63) is 34.9 Å². The molecule has 1 rings (SSSR count). The Kier molecular flexibility index (Phi) is 7.48. The first kappa shape index (κ1) is 17.2. The number of benzene rings is 1. The van der Waals surface area contributed by atoms with Crippen LogP contribution in [0.3, 0.4) is 0 Å². The minimum absolute atomic E-state index is 0.182. The predicted octanol–water partition coefficient (Wildman–Crippen LogP) is 0.730. The number of aryl methyl sites for hydroxylation is 1. The van der Waals surface area contributed by atoms with E-state index >= 15 is 0 Å². The zero-order chi connectivity index (χ0) is 15.7. The van der Waals surface area contributed by atoms with Crippen LogP contribution in [0.2, 0.25) is 0 Å². The number of nitrogens with one attached hydrogen (secondary N) is 1. The number of aliphatic hydroxyl groups is 1. The Bertz CT molecular complexity index is 531. The number of ether oxygens (including phenoxy) is 2. The van der Waals surface area contributed by atoms with Gasteiger partial charge in [-0.3, -0.25) is 4.79 Å². The number of rotatable bonds is 6. The summed E-state index contributed by atoms with van der Waals surface area (Å²) in [5.41, 5.74) is 2.12. The van der Waals surface area contributed by atoms with Crippen molar-refractivity contribution >= 4 is 5.91 Å². The summed E-state index contributed by atoms with van der Waals surface area (Å²) in [5.74, 6) is 5.17. The molecule has 21 heavy (non-hydrogen) atoms. The molecule has 1 unspecified atom stereocenters. The van der Waals surface area contributed by atoms with Crippen LogP contribution in [-0.2, 0) is 9.47 Å². The van der Waals surface area contributed by atoms with Crippen molar-refractivity contribution in [3.63, 3.8) is 0 Å². The summed E-state index contributed by atoms with van der Waals surface area (Å²) in [7, 11) is 3.16. The summed E-state index contributed by atoms with van der Waals surface area (Å²) >= 11 is 0. The van der Waals surface area contributed by atoms with E-state index in [0.29, 0.717) is 24.3 Å². The second-order valence-electron chi connectivity index (χ2n) is 4.51. The molecule has 2 N–H and O–H groups in total. The van der Waals surface area contributed by atoms with E-state index in [4.69, 9.17) is 14.6 Å². The van der Waals surface area contributed by atoms with Gasteiger partial charge in [-0.1, -0.05) is 17.9 Å². The summed E-state index contributed by atoms with van der Waals surface area (Å²) in [5, 5.41) is 11.5. The lowest BCUT2D eigenvalue weighted by Gasteiger charge is -2.15. The Morgan fingerprint density at radius 3 is 2.81 bits per heavy atom. The third-order valence-electron chi connectivity index (χ3n) is 2.97. The maximum absolute atomic E-state index is 12.2. The molecule has 5 nitrogen and oxygen atoms in total. The summed E-state index contributed by atoms with van der Waals surface area (Å²) < 4.78 is 10.2. The van der Waals surface area contributed by atoms with Crippen LogP contribution in [0.5, 0.6) is 0 Å². The van der Waals surface area contributed by atoms with Crippen LogP contribution in [0, 0.1) is 18.8 Å². The minimum atomic E-state index is -0.206. The lowest BCUT2D eigenvalue weighted by molar-refractivity contribution is 0.0285. The lowest BCUT2D eigenvalue weighted by atomic mass is 10.0. The number of aliphatic hydroxyl groups excluding tert-OH is 1. The zero-order valence-electron chi connectivity index (χ0n) is 12.6. The topological polar surface area (TPSA) is 67.8 Å². The maximum Gasteiger partial charge on any atom is 0.251 e. The number of amides is 1. The van der Waals surface area contributed by atoms with E-state index in [1.165, 1.54) is 0 Å². The van der Waals surface area contributed by atoms with E-state index in [9.17, 15) is 4.79 Å².